The minimum absolute atomic E-state index is 0.0756. The number of nitrogens with one attached hydrogen (secondary N) is 4. The Morgan fingerprint density at radius 2 is 1.12 bits per heavy atom. The highest BCUT2D eigenvalue weighted by Crippen LogP contribution is 2.17. The van der Waals surface area contributed by atoms with Crippen LogP contribution in [0.3, 0.4) is 0 Å². The first-order valence-corrected chi connectivity index (χ1v) is 19.6. The van der Waals surface area contributed by atoms with Gasteiger partial charge >= 0.3 is 14.8 Å². The van der Waals surface area contributed by atoms with Crippen LogP contribution < -0.4 is 27.0 Å². The lowest BCUT2D eigenvalue weighted by Crippen LogP contribution is -2.46. The molecule has 1 rings (SSSR count). The summed E-state index contributed by atoms with van der Waals surface area (Å²) in [5.41, 5.74) is 5.53. The number of primary amides is 1. The van der Waals surface area contributed by atoms with Crippen LogP contribution in [0.1, 0.15) is 52.9 Å². The molecule has 0 spiro atoms. The molecular formula is C31H63N9O8Si. The predicted molar refractivity (Wildman–Crippen MR) is 188 cm³/mol. The lowest BCUT2D eigenvalue weighted by molar-refractivity contribution is -0.121. The summed E-state index contributed by atoms with van der Waals surface area (Å²) in [6.45, 7) is 14.5. The molecule has 0 unspecified atom stereocenters. The van der Waals surface area contributed by atoms with Crippen molar-refractivity contribution < 1.29 is 37.3 Å². The molecular weight excluding hydrogens is 654 g/mol. The Labute approximate surface area is 293 Å². The van der Waals surface area contributed by atoms with E-state index in [1.165, 1.54) is 0 Å². The van der Waals surface area contributed by atoms with E-state index in [0.29, 0.717) is 137 Å². The van der Waals surface area contributed by atoms with Gasteiger partial charge in [0.2, 0.25) is 18.7 Å². The number of carbonyl (C=O) groups is 5. The third kappa shape index (κ3) is 21.9. The van der Waals surface area contributed by atoms with Crippen molar-refractivity contribution in [3.05, 3.63) is 0 Å². The van der Waals surface area contributed by atoms with Crippen molar-refractivity contribution in [3.63, 3.8) is 0 Å². The molecule has 0 aromatic rings. The number of rotatable bonds is 24. The van der Waals surface area contributed by atoms with Crippen molar-refractivity contribution in [1.29, 1.82) is 0 Å². The summed E-state index contributed by atoms with van der Waals surface area (Å²) in [6, 6.07) is 0.325. The number of hydrogen-bond acceptors (Lipinski definition) is 12. The van der Waals surface area contributed by atoms with E-state index in [0.717, 1.165) is 12.8 Å². The lowest BCUT2D eigenvalue weighted by Gasteiger charge is -2.31. The van der Waals surface area contributed by atoms with Crippen molar-refractivity contribution in [2.45, 2.75) is 58.9 Å². The van der Waals surface area contributed by atoms with Crippen molar-refractivity contribution in [2.75, 3.05) is 112 Å². The second kappa shape index (κ2) is 28.0. The SMILES string of the molecule is CCO[Si](CCCNC(=O)NCCCC(=O)CN1CCCN(CNC=O)CCN(CNC=O)CCCN(CC(N)=O)CC1)(OCC)OCC. The monoisotopic (exact) mass is 717 g/mol. The van der Waals surface area contributed by atoms with Gasteiger partial charge in [-0.1, -0.05) is 0 Å². The number of nitrogens with zero attached hydrogens (tertiary/aromatic N) is 4. The van der Waals surface area contributed by atoms with Crippen molar-refractivity contribution in [1.82, 2.24) is 40.9 Å². The van der Waals surface area contributed by atoms with Gasteiger partial charge < -0.3 is 40.3 Å². The largest absolute Gasteiger partial charge is 0.500 e. The highest BCUT2D eigenvalue weighted by Gasteiger charge is 2.39. The summed E-state index contributed by atoms with van der Waals surface area (Å²) in [5, 5.41) is 11.1. The molecule has 0 aromatic heterocycles. The van der Waals surface area contributed by atoms with Gasteiger partial charge in [0.25, 0.3) is 0 Å². The average Bonchev–Trinajstić information content (AvgIpc) is 3.06. The minimum Gasteiger partial charge on any atom is -0.374 e. The number of nitrogens with two attached hydrogens (primary N) is 1. The maximum atomic E-state index is 13.0. The van der Waals surface area contributed by atoms with Crippen LogP contribution in [0.15, 0.2) is 0 Å². The van der Waals surface area contributed by atoms with Crippen LogP contribution in [-0.4, -0.2) is 171 Å². The molecule has 5 amide bonds. The van der Waals surface area contributed by atoms with Gasteiger partial charge in [0.15, 0.2) is 0 Å². The molecule has 0 aromatic carbocycles. The van der Waals surface area contributed by atoms with Crippen LogP contribution in [0, 0.1) is 0 Å². The van der Waals surface area contributed by atoms with Gasteiger partial charge in [-0.25, -0.2) is 4.79 Å². The van der Waals surface area contributed by atoms with Gasteiger partial charge in [-0.15, -0.1) is 0 Å². The van der Waals surface area contributed by atoms with E-state index in [-0.39, 0.29) is 24.9 Å². The number of ketones is 1. The molecule has 17 nitrogen and oxygen atoms in total. The van der Waals surface area contributed by atoms with Crippen LogP contribution in [-0.2, 0) is 32.5 Å². The number of amides is 5. The first kappa shape index (κ1) is 44.3. The van der Waals surface area contributed by atoms with Gasteiger partial charge in [0, 0.05) is 84.6 Å². The molecule has 1 saturated heterocycles. The van der Waals surface area contributed by atoms with Crippen LogP contribution >= 0.6 is 0 Å². The number of hydrogen-bond donors (Lipinski definition) is 5. The summed E-state index contributed by atoms with van der Waals surface area (Å²) < 4.78 is 17.6. The zero-order valence-electron chi connectivity index (χ0n) is 30.1. The third-order valence-corrected chi connectivity index (χ3v) is 11.0. The van der Waals surface area contributed by atoms with Gasteiger partial charge in [-0.2, -0.15) is 0 Å². The fourth-order valence-electron chi connectivity index (χ4n) is 5.62. The van der Waals surface area contributed by atoms with E-state index in [9.17, 15) is 24.0 Å². The van der Waals surface area contributed by atoms with E-state index >= 15 is 0 Å². The molecule has 0 aliphatic carbocycles. The zero-order chi connectivity index (χ0) is 36.2. The van der Waals surface area contributed by atoms with E-state index in [2.05, 4.69) is 36.0 Å². The van der Waals surface area contributed by atoms with Crippen LogP contribution in [0.4, 0.5) is 4.79 Å². The second-order valence-electron chi connectivity index (χ2n) is 11.8. The topological polar surface area (TPSA) is 200 Å². The first-order valence-electron chi connectivity index (χ1n) is 17.7. The van der Waals surface area contributed by atoms with Crippen molar-refractivity contribution in [3.8, 4) is 0 Å². The molecule has 284 valence electrons. The second-order valence-corrected chi connectivity index (χ2v) is 14.6. The Hall–Kier alpha value is -2.71. The standard InChI is InChI=1S/C31H63N9O8Si/c1-4-46-49(47-5-2,48-6-3)22-8-13-36-31(45)35-12-7-11-29(43)23-37-14-9-16-39(25-33-27-41)20-21-40(26-34-28-42)17-10-15-38(19-18-37)24-30(32)44/h27-28H,4-26H2,1-3H3,(H2,32,44)(H,33,41)(H,34,42)(H2,35,36,45). The van der Waals surface area contributed by atoms with Crippen molar-refractivity contribution >= 4 is 39.3 Å². The van der Waals surface area contributed by atoms with E-state index in [4.69, 9.17) is 19.0 Å². The lowest BCUT2D eigenvalue weighted by atomic mass is 10.2. The highest BCUT2D eigenvalue weighted by molar-refractivity contribution is 6.60. The summed E-state index contributed by atoms with van der Waals surface area (Å²) in [7, 11) is -2.74. The smallest absolute Gasteiger partial charge is 0.374 e. The Morgan fingerprint density at radius 3 is 1.59 bits per heavy atom. The van der Waals surface area contributed by atoms with E-state index in [1.807, 2.05) is 25.7 Å². The number of carbonyl (C=O) groups excluding carboxylic acids is 5. The molecule has 1 aliphatic rings. The predicted octanol–water partition coefficient (Wildman–Crippen LogP) is -1.03. The molecule has 1 fully saturated rings. The average molecular weight is 718 g/mol. The maximum Gasteiger partial charge on any atom is 0.500 e. The molecule has 0 atom stereocenters. The summed E-state index contributed by atoms with van der Waals surface area (Å²) >= 11 is 0. The number of Topliss-reactive ketones (excluding diaryl/α,β-unsaturated/α-hetero) is 1. The molecule has 18 heteroatoms. The Morgan fingerprint density at radius 1 is 0.673 bits per heavy atom. The van der Waals surface area contributed by atoms with Crippen LogP contribution in [0.5, 0.6) is 0 Å². The zero-order valence-corrected chi connectivity index (χ0v) is 31.1. The van der Waals surface area contributed by atoms with Gasteiger partial charge in [-0.3, -0.25) is 38.8 Å². The summed E-state index contributed by atoms with van der Waals surface area (Å²) in [4.78, 5) is 67.3. The van der Waals surface area contributed by atoms with Crippen molar-refractivity contribution in [2.24, 2.45) is 5.73 Å². The summed E-state index contributed by atoms with van der Waals surface area (Å²) in [5.74, 6) is -0.332. The number of urea groups is 1. The van der Waals surface area contributed by atoms with E-state index in [1.54, 1.807) is 0 Å². The Kier molecular flexibility index (Phi) is 25.4. The quantitative estimate of drug-likeness (QED) is 0.0463. The molecule has 0 bridgehead atoms. The summed E-state index contributed by atoms with van der Waals surface area (Å²) in [6.07, 6.45) is 4.38. The first-order chi connectivity index (χ1) is 23.7. The normalized spacial score (nSPS) is 16.7. The Balaban J connectivity index is 2.62. The molecule has 1 heterocycles. The minimum atomic E-state index is -2.74. The molecule has 0 radical (unpaired) electrons. The van der Waals surface area contributed by atoms with Gasteiger partial charge in [-0.05, 0) is 59.5 Å². The van der Waals surface area contributed by atoms with Gasteiger partial charge in [0.1, 0.15) is 5.78 Å². The molecule has 1 aliphatic heterocycles. The fraction of sp³-hybridized carbons (Fsp3) is 0.839. The Bertz CT molecular complexity index is 922. The molecule has 0 saturated carbocycles. The highest BCUT2D eigenvalue weighted by atomic mass is 28.4. The van der Waals surface area contributed by atoms with Gasteiger partial charge in [0.05, 0.1) is 26.4 Å². The fourth-order valence-corrected chi connectivity index (χ4v) is 8.23. The van der Waals surface area contributed by atoms with Crippen LogP contribution in [0.2, 0.25) is 6.04 Å². The third-order valence-electron chi connectivity index (χ3n) is 7.89. The maximum absolute atomic E-state index is 13.0. The van der Waals surface area contributed by atoms with E-state index < -0.39 is 14.7 Å². The molecule has 49 heavy (non-hydrogen) atoms. The van der Waals surface area contributed by atoms with Crippen LogP contribution in [0.25, 0.3) is 0 Å². The molecule has 6 N–H and O–H groups in total.